The predicted octanol–water partition coefficient (Wildman–Crippen LogP) is 5.49. The van der Waals surface area contributed by atoms with Crippen molar-refractivity contribution in [1.29, 1.82) is 0 Å². The molecule has 1 atom stereocenters. The van der Waals surface area contributed by atoms with Gasteiger partial charge < -0.3 is 4.89 Å². The topological polar surface area (TPSA) is 20.2 Å². The largest absolute Gasteiger partial charge is 0.368 e. The van der Waals surface area contributed by atoms with Crippen molar-refractivity contribution in [2.24, 2.45) is 0 Å². The first-order valence-corrected chi connectivity index (χ1v) is 12.7. The molecule has 0 saturated heterocycles. The van der Waals surface area contributed by atoms with E-state index in [1.54, 1.807) is 0 Å². The van der Waals surface area contributed by atoms with Crippen LogP contribution in [0, 0.1) is 27.7 Å². The van der Waals surface area contributed by atoms with Crippen molar-refractivity contribution in [3.63, 3.8) is 0 Å². The van der Waals surface area contributed by atoms with Crippen LogP contribution in [-0.4, -0.2) is 10.0 Å². The van der Waals surface area contributed by atoms with E-state index in [1.165, 1.54) is 38.2 Å². The van der Waals surface area contributed by atoms with Crippen molar-refractivity contribution in [3.8, 4) is 0 Å². The van der Waals surface area contributed by atoms with Crippen molar-refractivity contribution in [1.82, 2.24) is 0 Å². The van der Waals surface area contributed by atoms with Crippen LogP contribution in [0.25, 0.3) is 0 Å². The number of hydrogen-bond donors (Lipinski definition) is 1. The van der Waals surface area contributed by atoms with Crippen LogP contribution in [-0.2, 0) is 0 Å². The Morgan fingerprint density at radius 2 is 1.00 bits per heavy atom. The molecule has 0 aromatic heterocycles. The molecule has 1 N–H and O–H groups in total. The summed E-state index contributed by atoms with van der Waals surface area (Å²) in [6.07, 6.45) is 0. The maximum Gasteiger partial charge on any atom is 0.0625 e. The highest BCUT2D eigenvalue weighted by atomic mass is 31.1. The second-order valence-corrected chi connectivity index (χ2v) is 13.6. The van der Waals surface area contributed by atoms with E-state index in [4.69, 9.17) is 0 Å². The Kier molecular flexibility index (Phi) is 6.64. The molecular formula is C26H32OP2. The van der Waals surface area contributed by atoms with Gasteiger partial charge in [0.15, 0.2) is 0 Å². The zero-order valence-electron chi connectivity index (χ0n) is 18.6. The summed E-state index contributed by atoms with van der Waals surface area (Å²) in [4.78, 5) is 11.3. The molecule has 0 aliphatic carbocycles. The van der Waals surface area contributed by atoms with Crippen LogP contribution >= 0.6 is 16.1 Å². The standard InChI is InChI=1S/C26H32OP2/c1-18-12-19(2)15-22(14-18)28(23-16-20(3)13-21(4)17-23)24-10-8-9-11-25(24)29(27)26(5,6)7/h8-17,27H,1-7H3. The van der Waals surface area contributed by atoms with Crippen LogP contribution in [0.4, 0.5) is 0 Å². The lowest BCUT2D eigenvalue weighted by Crippen LogP contribution is -2.33. The van der Waals surface area contributed by atoms with Crippen LogP contribution in [0.3, 0.4) is 0 Å². The molecule has 0 spiro atoms. The Morgan fingerprint density at radius 3 is 1.38 bits per heavy atom. The number of aryl methyl sites for hydroxylation is 4. The Balaban J connectivity index is 2.30. The Hall–Kier alpha value is -1.52. The summed E-state index contributed by atoms with van der Waals surface area (Å²) in [5.74, 6) is 0. The number of hydrogen-bond acceptors (Lipinski definition) is 1. The molecule has 3 aromatic rings. The molecular weight excluding hydrogens is 390 g/mol. The number of rotatable bonds is 4. The predicted molar refractivity (Wildman–Crippen MR) is 133 cm³/mol. The van der Waals surface area contributed by atoms with Gasteiger partial charge in [-0.2, -0.15) is 0 Å². The first kappa shape index (κ1) is 22.2. The lowest BCUT2D eigenvalue weighted by molar-refractivity contribution is 0.589. The molecule has 0 aliphatic heterocycles. The third kappa shape index (κ3) is 5.16. The third-order valence-electron chi connectivity index (χ3n) is 4.92. The molecule has 1 unspecified atom stereocenters. The second kappa shape index (κ2) is 8.69. The van der Waals surface area contributed by atoms with Crippen molar-refractivity contribution in [2.45, 2.75) is 53.6 Å². The molecule has 0 bridgehead atoms. The summed E-state index contributed by atoms with van der Waals surface area (Å²) < 4.78 is 0. The molecule has 152 valence electrons. The molecule has 0 radical (unpaired) electrons. The summed E-state index contributed by atoms with van der Waals surface area (Å²) >= 11 is 0. The van der Waals surface area contributed by atoms with Gasteiger partial charge in [0.25, 0.3) is 0 Å². The third-order valence-corrected chi connectivity index (χ3v) is 9.63. The van der Waals surface area contributed by atoms with E-state index in [0.29, 0.717) is 0 Å². The summed E-state index contributed by atoms with van der Waals surface area (Å²) in [7, 11) is -2.02. The van der Waals surface area contributed by atoms with Gasteiger partial charge in [0.1, 0.15) is 0 Å². The highest BCUT2D eigenvalue weighted by molar-refractivity contribution is 7.81. The zero-order chi connectivity index (χ0) is 21.3. The lowest BCUT2D eigenvalue weighted by Gasteiger charge is -2.30. The number of benzene rings is 3. The maximum absolute atomic E-state index is 11.3. The van der Waals surface area contributed by atoms with Gasteiger partial charge in [-0.1, -0.05) is 104 Å². The van der Waals surface area contributed by atoms with Gasteiger partial charge in [-0.25, -0.2) is 0 Å². The van der Waals surface area contributed by atoms with Crippen LogP contribution in [0.1, 0.15) is 43.0 Å². The minimum atomic E-state index is -1.27. The van der Waals surface area contributed by atoms with Gasteiger partial charge in [0, 0.05) is 10.5 Å². The van der Waals surface area contributed by atoms with Crippen molar-refractivity contribution >= 4 is 37.3 Å². The lowest BCUT2D eigenvalue weighted by atomic mass is 10.2. The van der Waals surface area contributed by atoms with E-state index in [1.807, 2.05) is 0 Å². The zero-order valence-corrected chi connectivity index (χ0v) is 20.4. The molecule has 0 heterocycles. The molecule has 3 aromatic carbocycles. The molecule has 3 heteroatoms. The average molecular weight is 422 g/mol. The smallest absolute Gasteiger partial charge is 0.0625 e. The molecule has 3 rings (SSSR count). The first-order chi connectivity index (χ1) is 13.6. The van der Waals surface area contributed by atoms with Gasteiger partial charge in [0.05, 0.1) is 8.15 Å². The molecule has 1 nitrogen and oxygen atoms in total. The minimum Gasteiger partial charge on any atom is -0.368 e. The summed E-state index contributed by atoms with van der Waals surface area (Å²) in [5.41, 5.74) is 5.15. The summed E-state index contributed by atoms with van der Waals surface area (Å²) in [6, 6.07) is 22.3. The quantitative estimate of drug-likeness (QED) is 0.551. The fourth-order valence-corrected chi connectivity index (χ4v) is 8.33. The molecule has 0 saturated carbocycles. The summed E-state index contributed by atoms with van der Waals surface area (Å²) in [5, 5.41) is 4.94. The summed E-state index contributed by atoms with van der Waals surface area (Å²) in [6.45, 7) is 15.1. The highest BCUT2D eigenvalue weighted by Gasteiger charge is 2.29. The minimum absolute atomic E-state index is 0.155. The van der Waals surface area contributed by atoms with Crippen molar-refractivity contribution < 1.29 is 4.89 Å². The second-order valence-electron chi connectivity index (χ2n) is 9.00. The van der Waals surface area contributed by atoms with Crippen LogP contribution in [0.5, 0.6) is 0 Å². The van der Waals surface area contributed by atoms with E-state index in [0.717, 1.165) is 5.30 Å². The van der Waals surface area contributed by atoms with E-state index in [-0.39, 0.29) is 5.16 Å². The Morgan fingerprint density at radius 1 is 0.621 bits per heavy atom. The normalized spacial score (nSPS) is 13.0. The van der Waals surface area contributed by atoms with Gasteiger partial charge in [-0.15, -0.1) is 0 Å². The Labute approximate surface area is 178 Å². The SMILES string of the molecule is Cc1cc(C)cc(P(c2cc(C)cc(C)c2)c2ccccc2P(O)C(C)(C)C)c1. The highest BCUT2D eigenvalue weighted by Crippen LogP contribution is 2.46. The van der Waals surface area contributed by atoms with E-state index in [9.17, 15) is 4.89 Å². The molecule has 0 fully saturated rings. The van der Waals surface area contributed by atoms with Crippen LogP contribution in [0.2, 0.25) is 0 Å². The fourth-order valence-electron chi connectivity index (χ4n) is 3.78. The van der Waals surface area contributed by atoms with Crippen molar-refractivity contribution in [3.05, 3.63) is 82.9 Å². The van der Waals surface area contributed by atoms with Crippen LogP contribution < -0.4 is 21.2 Å². The van der Waals surface area contributed by atoms with Gasteiger partial charge >= 0.3 is 0 Å². The van der Waals surface area contributed by atoms with Gasteiger partial charge in [-0.05, 0) is 51.5 Å². The monoisotopic (exact) mass is 422 g/mol. The van der Waals surface area contributed by atoms with E-state index in [2.05, 4.69) is 109 Å². The average Bonchev–Trinajstić information content (AvgIpc) is 2.59. The molecule has 29 heavy (non-hydrogen) atoms. The fraction of sp³-hybridized carbons (Fsp3) is 0.308. The van der Waals surface area contributed by atoms with Gasteiger partial charge in [0.2, 0.25) is 0 Å². The first-order valence-electron chi connectivity index (χ1n) is 10.1. The maximum atomic E-state index is 11.3. The van der Waals surface area contributed by atoms with Gasteiger partial charge in [-0.3, -0.25) is 0 Å². The molecule has 0 aliphatic rings. The van der Waals surface area contributed by atoms with Crippen LogP contribution in [0.15, 0.2) is 60.7 Å². The van der Waals surface area contributed by atoms with Crippen molar-refractivity contribution in [2.75, 3.05) is 0 Å². The van der Waals surface area contributed by atoms with E-state index < -0.39 is 16.1 Å². The Bertz CT molecular complexity index is 925. The van der Waals surface area contributed by atoms with E-state index >= 15 is 0 Å². The molecule has 0 amide bonds.